The van der Waals surface area contributed by atoms with E-state index in [0.717, 1.165) is 19.0 Å². The van der Waals surface area contributed by atoms with Gasteiger partial charge in [0.05, 0.1) is 11.0 Å². The molecule has 1 rings (SSSR count). The van der Waals surface area contributed by atoms with E-state index in [9.17, 15) is 0 Å². The van der Waals surface area contributed by atoms with Crippen LogP contribution < -0.4 is 5.73 Å². The highest BCUT2D eigenvalue weighted by Crippen LogP contribution is 2.24. The molecule has 1 atom stereocenters. The van der Waals surface area contributed by atoms with Crippen LogP contribution in [0.15, 0.2) is 0 Å². The van der Waals surface area contributed by atoms with Crippen molar-refractivity contribution in [2.24, 2.45) is 5.73 Å². The second-order valence-corrected chi connectivity index (χ2v) is 4.92. The minimum atomic E-state index is 0.313. The molecule has 2 N–H and O–H groups in total. The molecule has 1 fully saturated rings. The molecule has 3 heteroatoms. The van der Waals surface area contributed by atoms with Crippen molar-refractivity contribution >= 4 is 17.2 Å². The van der Waals surface area contributed by atoms with Crippen LogP contribution in [0, 0.1) is 0 Å². The maximum atomic E-state index is 5.82. The van der Waals surface area contributed by atoms with Crippen molar-refractivity contribution in [1.29, 1.82) is 0 Å². The van der Waals surface area contributed by atoms with E-state index in [1.165, 1.54) is 32.1 Å². The summed E-state index contributed by atoms with van der Waals surface area (Å²) in [6.07, 6.45) is 7.83. The summed E-state index contributed by atoms with van der Waals surface area (Å²) in [6.45, 7) is 5.46. The van der Waals surface area contributed by atoms with E-state index in [2.05, 4.69) is 18.7 Å². The van der Waals surface area contributed by atoms with Gasteiger partial charge in [0.1, 0.15) is 0 Å². The summed E-state index contributed by atoms with van der Waals surface area (Å²) < 4.78 is 0. The third-order valence-electron chi connectivity index (χ3n) is 3.52. The SMILES string of the molecule is CCC(C(N)=S)N(CC)C1CCCCC1. The van der Waals surface area contributed by atoms with Crippen LogP contribution in [-0.2, 0) is 0 Å². The summed E-state index contributed by atoms with van der Waals surface area (Å²) in [4.78, 5) is 3.19. The molecule has 1 aliphatic carbocycles. The van der Waals surface area contributed by atoms with E-state index in [-0.39, 0.29) is 0 Å². The van der Waals surface area contributed by atoms with Crippen molar-refractivity contribution in [3.8, 4) is 0 Å². The van der Waals surface area contributed by atoms with Gasteiger partial charge in [-0.2, -0.15) is 0 Å². The van der Waals surface area contributed by atoms with Gasteiger partial charge in [0.2, 0.25) is 0 Å². The lowest BCUT2D eigenvalue weighted by Crippen LogP contribution is -2.49. The van der Waals surface area contributed by atoms with Gasteiger partial charge in [-0.05, 0) is 25.8 Å². The van der Waals surface area contributed by atoms with Crippen molar-refractivity contribution in [3.63, 3.8) is 0 Å². The predicted molar refractivity (Wildman–Crippen MR) is 70.1 cm³/mol. The Labute approximate surface area is 99.2 Å². The van der Waals surface area contributed by atoms with Crippen molar-refractivity contribution < 1.29 is 0 Å². The second-order valence-electron chi connectivity index (χ2n) is 4.45. The molecule has 1 saturated carbocycles. The lowest BCUT2D eigenvalue weighted by molar-refractivity contribution is 0.139. The van der Waals surface area contributed by atoms with Crippen molar-refractivity contribution in [1.82, 2.24) is 4.90 Å². The third-order valence-corrected chi connectivity index (χ3v) is 3.80. The van der Waals surface area contributed by atoms with Crippen LogP contribution in [0.5, 0.6) is 0 Å². The highest BCUT2D eigenvalue weighted by atomic mass is 32.1. The van der Waals surface area contributed by atoms with Crippen LogP contribution in [0.4, 0.5) is 0 Å². The standard InChI is InChI=1S/C12H24N2S/c1-3-11(12(13)15)14(4-2)10-8-6-5-7-9-10/h10-11H,3-9H2,1-2H3,(H2,13,15). The lowest BCUT2D eigenvalue weighted by atomic mass is 9.93. The Morgan fingerprint density at radius 3 is 2.33 bits per heavy atom. The lowest BCUT2D eigenvalue weighted by Gasteiger charge is -2.38. The number of hydrogen-bond acceptors (Lipinski definition) is 2. The van der Waals surface area contributed by atoms with E-state index in [1.807, 2.05) is 0 Å². The van der Waals surface area contributed by atoms with Crippen molar-refractivity contribution in [2.75, 3.05) is 6.54 Å². The Balaban J connectivity index is 2.62. The molecule has 0 bridgehead atoms. The Hall–Kier alpha value is -0.150. The number of thiocarbonyl (C=S) groups is 1. The maximum absolute atomic E-state index is 5.82. The normalized spacial score (nSPS) is 20.5. The number of nitrogens with zero attached hydrogens (tertiary/aromatic N) is 1. The van der Waals surface area contributed by atoms with Gasteiger partial charge in [0.25, 0.3) is 0 Å². The Kier molecular flexibility index (Phi) is 5.54. The van der Waals surface area contributed by atoms with Gasteiger partial charge in [0, 0.05) is 6.04 Å². The molecule has 2 nitrogen and oxygen atoms in total. The summed E-state index contributed by atoms with van der Waals surface area (Å²) in [5.74, 6) is 0. The largest absolute Gasteiger partial charge is 0.392 e. The van der Waals surface area contributed by atoms with Gasteiger partial charge in [-0.25, -0.2) is 0 Å². The zero-order chi connectivity index (χ0) is 11.3. The summed E-state index contributed by atoms with van der Waals surface area (Å²) in [5, 5.41) is 0. The first-order valence-electron chi connectivity index (χ1n) is 6.25. The fourth-order valence-electron chi connectivity index (χ4n) is 2.74. The maximum Gasteiger partial charge on any atom is 0.0902 e. The molecule has 0 spiro atoms. The Morgan fingerprint density at radius 1 is 1.33 bits per heavy atom. The fraction of sp³-hybridized carbons (Fsp3) is 0.917. The van der Waals surface area contributed by atoms with Crippen LogP contribution >= 0.6 is 12.2 Å². The molecule has 0 saturated heterocycles. The van der Waals surface area contributed by atoms with Crippen LogP contribution in [-0.4, -0.2) is 28.5 Å². The molecular weight excluding hydrogens is 204 g/mol. The highest BCUT2D eigenvalue weighted by Gasteiger charge is 2.26. The minimum Gasteiger partial charge on any atom is -0.392 e. The summed E-state index contributed by atoms with van der Waals surface area (Å²) in [6, 6.07) is 1.03. The molecule has 0 aromatic carbocycles. The molecule has 0 aromatic rings. The minimum absolute atomic E-state index is 0.313. The van der Waals surface area contributed by atoms with Crippen LogP contribution in [0.25, 0.3) is 0 Å². The fourth-order valence-corrected chi connectivity index (χ4v) is 3.05. The van der Waals surface area contributed by atoms with Crippen molar-refractivity contribution in [3.05, 3.63) is 0 Å². The summed E-state index contributed by atoms with van der Waals surface area (Å²) in [5.41, 5.74) is 5.82. The average Bonchev–Trinajstić information content (AvgIpc) is 2.26. The topological polar surface area (TPSA) is 29.3 Å². The predicted octanol–water partition coefficient (Wildman–Crippen LogP) is 2.71. The van der Waals surface area contributed by atoms with Gasteiger partial charge >= 0.3 is 0 Å². The van der Waals surface area contributed by atoms with Crippen LogP contribution in [0.3, 0.4) is 0 Å². The first-order valence-corrected chi connectivity index (χ1v) is 6.66. The quantitative estimate of drug-likeness (QED) is 0.734. The number of likely N-dealkylation sites (N-methyl/N-ethyl adjacent to an activating group) is 1. The zero-order valence-corrected chi connectivity index (χ0v) is 10.9. The number of hydrogen-bond donors (Lipinski definition) is 1. The van der Waals surface area contributed by atoms with Crippen LogP contribution in [0.1, 0.15) is 52.4 Å². The van der Waals surface area contributed by atoms with Gasteiger partial charge in [-0.1, -0.05) is 45.3 Å². The summed E-state index contributed by atoms with van der Waals surface area (Å²) in [7, 11) is 0. The van der Waals surface area contributed by atoms with Crippen LogP contribution in [0.2, 0.25) is 0 Å². The molecule has 0 aliphatic heterocycles. The van der Waals surface area contributed by atoms with E-state index in [4.69, 9.17) is 18.0 Å². The number of rotatable bonds is 5. The molecule has 0 radical (unpaired) electrons. The van der Waals surface area contributed by atoms with Gasteiger partial charge in [-0.15, -0.1) is 0 Å². The highest BCUT2D eigenvalue weighted by molar-refractivity contribution is 7.80. The molecule has 0 aromatic heterocycles. The number of nitrogens with two attached hydrogens (primary N) is 1. The summed E-state index contributed by atoms with van der Waals surface area (Å²) >= 11 is 5.16. The monoisotopic (exact) mass is 228 g/mol. The Morgan fingerprint density at radius 2 is 1.93 bits per heavy atom. The van der Waals surface area contributed by atoms with E-state index >= 15 is 0 Å². The van der Waals surface area contributed by atoms with Gasteiger partial charge < -0.3 is 5.73 Å². The van der Waals surface area contributed by atoms with E-state index in [1.54, 1.807) is 0 Å². The van der Waals surface area contributed by atoms with E-state index < -0.39 is 0 Å². The molecule has 0 heterocycles. The molecular formula is C12H24N2S. The average molecular weight is 228 g/mol. The third kappa shape index (κ3) is 3.42. The van der Waals surface area contributed by atoms with Gasteiger partial charge in [-0.3, -0.25) is 4.90 Å². The molecule has 1 unspecified atom stereocenters. The molecule has 88 valence electrons. The first kappa shape index (κ1) is 12.9. The first-order chi connectivity index (χ1) is 7.20. The van der Waals surface area contributed by atoms with Crippen molar-refractivity contribution in [2.45, 2.75) is 64.5 Å². The molecule has 15 heavy (non-hydrogen) atoms. The molecule has 0 amide bonds. The molecule has 1 aliphatic rings. The second kappa shape index (κ2) is 6.44. The smallest absolute Gasteiger partial charge is 0.0902 e. The van der Waals surface area contributed by atoms with Gasteiger partial charge in [0.15, 0.2) is 0 Å². The Bertz CT molecular complexity index is 200. The zero-order valence-electron chi connectivity index (χ0n) is 10.0. The van der Waals surface area contributed by atoms with E-state index in [0.29, 0.717) is 11.0 Å².